The average Bonchev–Trinajstić information content (AvgIpc) is 3.67. The monoisotopic (exact) mass is 540 g/mol. The Morgan fingerprint density at radius 2 is 1.65 bits per heavy atom. The molecule has 1 aliphatic rings. The Bertz CT molecular complexity index is 1430. The van der Waals surface area contributed by atoms with Crippen molar-refractivity contribution in [3.8, 4) is 28.4 Å². The number of ether oxygens (including phenoxy) is 3. The van der Waals surface area contributed by atoms with Gasteiger partial charge in [0.25, 0.3) is 5.91 Å². The first-order valence-electron chi connectivity index (χ1n) is 13.2. The molecule has 4 aromatic rings. The molecule has 1 fully saturated rings. The van der Waals surface area contributed by atoms with Crippen molar-refractivity contribution in [3.63, 3.8) is 0 Å². The molecule has 0 saturated carbocycles. The fourth-order valence-corrected chi connectivity index (χ4v) is 4.66. The van der Waals surface area contributed by atoms with Crippen LogP contribution in [0.5, 0.6) is 11.5 Å². The second-order valence-electron chi connectivity index (χ2n) is 9.48. The molecule has 2 amide bonds. The summed E-state index contributed by atoms with van der Waals surface area (Å²) in [4.78, 5) is 33.1. The topological polar surface area (TPSA) is 94.9 Å². The highest BCUT2D eigenvalue weighted by atomic mass is 16.5. The summed E-state index contributed by atoms with van der Waals surface area (Å²) in [7, 11) is 3.23. The van der Waals surface area contributed by atoms with Gasteiger partial charge in [-0.25, -0.2) is 4.98 Å². The number of hydrogen-bond acceptors (Lipinski definition) is 6. The van der Waals surface area contributed by atoms with Gasteiger partial charge in [0.1, 0.15) is 18.0 Å². The van der Waals surface area contributed by atoms with Gasteiger partial charge >= 0.3 is 0 Å². The van der Waals surface area contributed by atoms with Gasteiger partial charge in [0.15, 0.2) is 0 Å². The number of nitrogens with one attached hydrogen (secondary N) is 1. The number of carbonyl (C=O) groups excluding carboxylic acids is 2. The highest BCUT2D eigenvalue weighted by Gasteiger charge is 2.26. The molecule has 1 unspecified atom stereocenters. The van der Waals surface area contributed by atoms with E-state index >= 15 is 0 Å². The van der Waals surface area contributed by atoms with Gasteiger partial charge in [-0.05, 0) is 73.5 Å². The smallest absolute Gasteiger partial charge is 0.254 e. The summed E-state index contributed by atoms with van der Waals surface area (Å²) in [6, 6.07) is 24.0. The standard InChI is InChI=1S/C31H32N4O5/c1-38-25-14-10-22(11-15-25)28-20-35(24-12-16-26(39-2)17-13-24)31(32-28)33-29(36)21-34(19-27-9-6-18-40-27)30(37)23-7-4-3-5-8-23/h3-5,7-8,10-17,20,27H,6,9,18-19,21H2,1-2H3,(H,32,33,36). The molecule has 1 aliphatic heterocycles. The number of rotatable bonds is 10. The Kier molecular flexibility index (Phi) is 8.41. The lowest BCUT2D eigenvalue weighted by Crippen LogP contribution is -2.42. The van der Waals surface area contributed by atoms with Crippen LogP contribution in [0.3, 0.4) is 0 Å². The van der Waals surface area contributed by atoms with Crippen molar-refractivity contribution in [1.29, 1.82) is 0 Å². The van der Waals surface area contributed by atoms with Crippen molar-refractivity contribution < 1.29 is 23.8 Å². The van der Waals surface area contributed by atoms with Crippen molar-refractivity contribution in [2.75, 3.05) is 39.2 Å². The van der Waals surface area contributed by atoms with E-state index in [0.29, 0.717) is 36.1 Å². The third kappa shape index (κ3) is 6.32. The van der Waals surface area contributed by atoms with E-state index in [1.807, 2.05) is 72.9 Å². The Labute approximate surface area is 233 Å². The minimum Gasteiger partial charge on any atom is -0.497 e. The number of nitrogens with zero attached hydrogens (tertiary/aromatic N) is 3. The molecular formula is C31H32N4O5. The van der Waals surface area contributed by atoms with Crippen LogP contribution in [0.2, 0.25) is 0 Å². The first-order valence-corrected chi connectivity index (χ1v) is 13.2. The van der Waals surface area contributed by atoms with E-state index < -0.39 is 0 Å². The maximum Gasteiger partial charge on any atom is 0.254 e. The predicted molar refractivity (Wildman–Crippen MR) is 152 cm³/mol. The Morgan fingerprint density at radius 3 is 2.27 bits per heavy atom. The lowest BCUT2D eigenvalue weighted by molar-refractivity contribution is -0.117. The van der Waals surface area contributed by atoms with Crippen molar-refractivity contribution >= 4 is 17.8 Å². The number of methoxy groups -OCH3 is 2. The van der Waals surface area contributed by atoms with Gasteiger partial charge in [-0.2, -0.15) is 0 Å². The molecule has 9 nitrogen and oxygen atoms in total. The second-order valence-corrected chi connectivity index (χ2v) is 9.48. The number of benzene rings is 3. The van der Waals surface area contributed by atoms with E-state index in [9.17, 15) is 9.59 Å². The molecule has 5 rings (SSSR count). The molecule has 0 aliphatic carbocycles. The lowest BCUT2D eigenvalue weighted by atomic mass is 10.1. The number of hydrogen-bond donors (Lipinski definition) is 1. The fraction of sp³-hybridized carbons (Fsp3) is 0.258. The van der Waals surface area contributed by atoms with Gasteiger partial charge in [0, 0.05) is 36.2 Å². The maximum absolute atomic E-state index is 13.4. The molecule has 1 N–H and O–H groups in total. The third-order valence-electron chi connectivity index (χ3n) is 6.78. The molecule has 9 heteroatoms. The van der Waals surface area contributed by atoms with E-state index in [1.165, 1.54) is 0 Å². The van der Waals surface area contributed by atoms with E-state index in [-0.39, 0.29) is 24.5 Å². The second kappa shape index (κ2) is 12.5. The Balaban J connectivity index is 1.41. The zero-order valence-corrected chi connectivity index (χ0v) is 22.6. The van der Waals surface area contributed by atoms with Crippen LogP contribution in [0, 0.1) is 0 Å². The largest absolute Gasteiger partial charge is 0.497 e. The van der Waals surface area contributed by atoms with Crippen LogP contribution in [0.15, 0.2) is 85.1 Å². The van der Waals surface area contributed by atoms with Crippen molar-refractivity contribution in [1.82, 2.24) is 14.5 Å². The van der Waals surface area contributed by atoms with Crippen LogP contribution in [-0.2, 0) is 9.53 Å². The van der Waals surface area contributed by atoms with E-state index in [2.05, 4.69) is 5.32 Å². The summed E-state index contributed by atoms with van der Waals surface area (Å²) in [5.74, 6) is 1.22. The van der Waals surface area contributed by atoms with Gasteiger partial charge < -0.3 is 19.1 Å². The number of carbonyl (C=O) groups is 2. The number of imidazole rings is 1. The molecule has 206 valence electrons. The van der Waals surface area contributed by atoms with E-state index in [1.54, 1.807) is 35.8 Å². The zero-order valence-electron chi connectivity index (χ0n) is 22.6. The number of amides is 2. The van der Waals surface area contributed by atoms with Gasteiger partial charge in [-0.1, -0.05) is 18.2 Å². The van der Waals surface area contributed by atoms with Crippen molar-refractivity contribution in [3.05, 3.63) is 90.6 Å². The lowest BCUT2D eigenvalue weighted by Gasteiger charge is -2.25. The van der Waals surface area contributed by atoms with Crippen molar-refractivity contribution in [2.24, 2.45) is 0 Å². The van der Waals surface area contributed by atoms with Gasteiger partial charge in [0.05, 0.1) is 26.0 Å². The minimum atomic E-state index is -0.357. The average molecular weight is 541 g/mol. The first kappa shape index (κ1) is 27.0. The third-order valence-corrected chi connectivity index (χ3v) is 6.78. The zero-order chi connectivity index (χ0) is 27.9. The molecule has 0 bridgehead atoms. The quantitative estimate of drug-likeness (QED) is 0.310. The molecule has 40 heavy (non-hydrogen) atoms. The number of aromatic nitrogens is 2. The predicted octanol–water partition coefficient (Wildman–Crippen LogP) is 4.82. The summed E-state index contributed by atoms with van der Waals surface area (Å²) in [6.07, 6.45) is 3.56. The van der Waals surface area contributed by atoms with Gasteiger partial charge in [-0.3, -0.25) is 19.5 Å². The molecule has 2 heterocycles. The molecule has 3 aromatic carbocycles. The molecular weight excluding hydrogens is 508 g/mol. The maximum atomic E-state index is 13.4. The molecule has 1 aromatic heterocycles. The van der Waals surface area contributed by atoms with E-state index in [4.69, 9.17) is 19.2 Å². The summed E-state index contributed by atoms with van der Waals surface area (Å²) in [5.41, 5.74) is 2.85. The van der Waals surface area contributed by atoms with Crippen LogP contribution in [0.1, 0.15) is 23.2 Å². The van der Waals surface area contributed by atoms with Crippen LogP contribution >= 0.6 is 0 Å². The van der Waals surface area contributed by atoms with Crippen LogP contribution in [0.4, 0.5) is 5.95 Å². The summed E-state index contributed by atoms with van der Waals surface area (Å²) in [5, 5.41) is 2.93. The van der Waals surface area contributed by atoms with Crippen molar-refractivity contribution in [2.45, 2.75) is 18.9 Å². The van der Waals surface area contributed by atoms with Crippen LogP contribution in [0.25, 0.3) is 16.9 Å². The minimum absolute atomic E-state index is 0.0941. The highest BCUT2D eigenvalue weighted by Crippen LogP contribution is 2.27. The summed E-state index contributed by atoms with van der Waals surface area (Å²) >= 11 is 0. The van der Waals surface area contributed by atoms with Crippen LogP contribution < -0.4 is 14.8 Å². The van der Waals surface area contributed by atoms with Crippen LogP contribution in [-0.4, -0.2) is 66.3 Å². The SMILES string of the molecule is COc1ccc(-c2cn(-c3ccc(OC)cc3)c(NC(=O)CN(CC3CCCO3)C(=O)c3ccccc3)n2)cc1. The van der Waals surface area contributed by atoms with E-state index in [0.717, 1.165) is 29.8 Å². The molecule has 0 radical (unpaired) electrons. The fourth-order valence-electron chi connectivity index (χ4n) is 4.66. The Hall–Kier alpha value is -4.63. The molecule has 1 saturated heterocycles. The summed E-state index contributed by atoms with van der Waals surface area (Å²) in [6.45, 7) is 0.865. The number of anilines is 1. The normalized spacial score (nSPS) is 14.5. The highest BCUT2D eigenvalue weighted by molar-refractivity contribution is 5.99. The first-order chi connectivity index (χ1) is 19.5. The molecule has 1 atom stereocenters. The van der Waals surface area contributed by atoms with Gasteiger partial charge in [0.2, 0.25) is 11.9 Å². The Morgan fingerprint density at radius 1 is 0.975 bits per heavy atom. The summed E-state index contributed by atoms with van der Waals surface area (Å²) < 4.78 is 18.2. The molecule has 0 spiro atoms. The van der Waals surface area contributed by atoms with Gasteiger partial charge in [-0.15, -0.1) is 0 Å².